The summed E-state index contributed by atoms with van der Waals surface area (Å²) in [5.41, 5.74) is 1.15. The smallest absolute Gasteiger partial charge is 0.251 e. The number of nitrogens with zero attached hydrogens (tertiary/aromatic N) is 5. The molecule has 0 bridgehead atoms. The fourth-order valence-corrected chi connectivity index (χ4v) is 3.93. The summed E-state index contributed by atoms with van der Waals surface area (Å²) in [4.78, 5) is 28.5. The zero-order valence-electron chi connectivity index (χ0n) is 19.0. The molecule has 1 saturated carbocycles. The van der Waals surface area contributed by atoms with Crippen LogP contribution in [0.4, 0.5) is 10.1 Å². The summed E-state index contributed by atoms with van der Waals surface area (Å²) in [6, 6.07) is 12.8. The Morgan fingerprint density at radius 3 is 2.50 bits per heavy atom. The number of amides is 2. The molecule has 1 fully saturated rings. The van der Waals surface area contributed by atoms with Crippen molar-refractivity contribution in [2.45, 2.75) is 45.2 Å². The van der Waals surface area contributed by atoms with Crippen molar-refractivity contribution in [3.05, 3.63) is 54.3 Å². The minimum atomic E-state index is -0.367. The zero-order chi connectivity index (χ0) is 23.9. The van der Waals surface area contributed by atoms with Crippen LogP contribution in [0.15, 0.2) is 48.5 Å². The lowest BCUT2D eigenvalue weighted by Gasteiger charge is -2.23. The quantitative estimate of drug-likeness (QED) is 0.520. The highest BCUT2D eigenvalue weighted by atomic mass is 19.1. The van der Waals surface area contributed by atoms with E-state index in [2.05, 4.69) is 20.7 Å². The molecule has 2 amide bonds. The van der Waals surface area contributed by atoms with E-state index in [0.29, 0.717) is 23.6 Å². The summed E-state index contributed by atoms with van der Waals surface area (Å²) in [7, 11) is 0. The van der Waals surface area contributed by atoms with Crippen LogP contribution in [0.3, 0.4) is 0 Å². The van der Waals surface area contributed by atoms with Gasteiger partial charge >= 0.3 is 0 Å². The molecule has 0 saturated heterocycles. The maximum absolute atomic E-state index is 13.2. The average Bonchev–Trinajstić information content (AvgIpc) is 3.51. The molecule has 1 N–H and O–H groups in total. The highest BCUT2D eigenvalue weighted by Crippen LogP contribution is 2.21. The number of anilines is 1. The first kappa shape index (κ1) is 23.3. The fraction of sp³-hybridized carbons (Fsp3) is 0.375. The number of benzene rings is 2. The number of hydrogen-bond donors (Lipinski definition) is 1. The van der Waals surface area contributed by atoms with Crippen LogP contribution in [-0.4, -0.2) is 51.2 Å². The van der Waals surface area contributed by atoms with E-state index in [-0.39, 0.29) is 42.6 Å². The number of rotatable bonds is 9. The second-order valence-electron chi connectivity index (χ2n) is 8.11. The third-order valence-corrected chi connectivity index (χ3v) is 5.61. The van der Waals surface area contributed by atoms with Gasteiger partial charge in [-0.3, -0.25) is 9.59 Å². The molecule has 3 aromatic rings. The minimum Gasteiger partial charge on any atom is -0.494 e. The van der Waals surface area contributed by atoms with Gasteiger partial charge in [-0.15, -0.1) is 10.2 Å². The van der Waals surface area contributed by atoms with Crippen LogP contribution < -0.4 is 15.0 Å². The third-order valence-electron chi connectivity index (χ3n) is 5.61. The van der Waals surface area contributed by atoms with Gasteiger partial charge in [-0.2, -0.15) is 4.80 Å². The Morgan fingerprint density at radius 2 is 1.82 bits per heavy atom. The normalized spacial score (nSPS) is 13.6. The van der Waals surface area contributed by atoms with E-state index in [9.17, 15) is 14.0 Å². The van der Waals surface area contributed by atoms with Gasteiger partial charge in [0.1, 0.15) is 24.7 Å². The number of hydrogen-bond acceptors (Lipinski definition) is 6. The first-order valence-corrected chi connectivity index (χ1v) is 11.4. The number of nitrogens with one attached hydrogen (secondary N) is 1. The van der Waals surface area contributed by atoms with E-state index in [0.717, 1.165) is 30.5 Å². The Kier molecular flexibility index (Phi) is 7.46. The van der Waals surface area contributed by atoms with Gasteiger partial charge in [-0.05, 0) is 73.5 Å². The fourth-order valence-electron chi connectivity index (χ4n) is 3.93. The highest BCUT2D eigenvalue weighted by molar-refractivity contribution is 5.98. The van der Waals surface area contributed by atoms with Crippen molar-refractivity contribution in [2.24, 2.45) is 0 Å². The van der Waals surface area contributed by atoms with Crippen LogP contribution >= 0.6 is 0 Å². The Morgan fingerprint density at radius 1 is 1.12 bits per heavy atom. The molecule has 1 aromatic heterocycles. The SMILES string of the molecule is CCOc1ccc(N(CC(=O)NC2CCCC2)C(=O)Cn2nnc(-c3ccc(F)cc3)n2)cc1. The van der Waals surface area contributed by atoms with Gasteiger partial charge in [-0.25, -0.2) is 4.39 Å². The molecule has 0 unspecified atom stereocenters. The molecular weight excluding hydrogens is 439 g/mol. The van der Waals surface area contributed by atoms with Crippen LogP contribution in [-0.2, 0) is 16.1 Å². The minimum absolute atomic E-state index is 0.122. The lowest BCUT2D eigenvalue weighted by atomic mass is 10.2. The molecular formula is C24H27FN6O3. The molecule has 2 aromatic carbocycles. The molecule has 9 nitrogen and oxygen atoms in total. The molecule has 10 heteroatoms. The second-order valence-corrected chi connectivity index (χ2v) is 8.11. The summed E-state index contributed by atoms with van der Waals surface area (Å²) in [6.07, 6.45) is 4.11. The van der Waals surface area contributed by atoms with E-state index in [1.54, 1.807) is 24.3 Å². The lowest BCUT2D eigenvalue weighted by molar-refractivity contribution is -0.124. The third kappa shape index (κ3) is 5.94. The van der Waals surface area contributed by atoms with Gasteiger partial charge in [0.2, 0.25) is 11.7 Å². The summed E-state index contributed by atoms with van der Waals surface area (Å²) in [5, 5.41) is 15.2. The van der Waals surface area contributed by atoms with E-state index in [1.807, 2.05) is 6.92 Å². The topological polar surface area (TPSA) is 102 Å². The second kappa shape index (κ2) is 10.9. The molecule has 178 valence electrons. The molecule has 0 spiro atoms. The summed E-state index contributed by atoms with van der Waals surface area (Å²) in [6.45, 7) is 2.09. The molecule has 0 radical (unpaired) electrons. The summed E-state index contributed by atoms with van der Waals surface area (Å²) in [5.74, 6) is 0.00463. The molecule has 0 atom stereocenters. The average molecular weight is 467 g/mol. The van der Waals surface area contributed by atoms with Crippen LogP contribution in [0, 0.1) is 5.82 Å². The van der Waals surface area contributed by atoms with E-state index in [1.165, 1.54) is 29.2 Å². The van der Waals surface area contributed by atoms with E-state index in [4.69, 9.17) is 4.74 Å². The first-order chi connectivity index (χ1) is 16.5. The van der Waals surface area contributed by atoms with Gasteiger partial charge < -0.3 is 15.0 Å². The predicted octanol–water partition coefficient (Wildman–Crippen LogP) is 2.97. The number of tetrazole rings is 1. The Balaban J connectivity index is 1.49. The molecule has 0 aliphatic heterocycles. The monoisotopic (exact) mass is 466 g/mol. The number of ether oxygens (including phenoxy) is 1. The molecule has 1 aliphatic rings. The van der Waals surface area contributed by atoms with E-state index >= 15 is 0 Å². The molecule has 34 heavy (non-hydrogen) atoms. The number of halogens is 1. The van der Waals surface area contributed by atoms with Crippen LogP contribution in [0.1, 0.15) is 32.6 Å². The van der Waals surface area contributed by atoms with E-state index < -0.39 is 0 Å². The highest BCUT2D eigenvalue weighted by Gasteiger charge is 2.23. The predicted molar refractivity (Wildman–Crippen MR) is 124 cm³/mol. The van der Waals surface area contributed by atoms with Crippen molar-refractivity contribution in [1.82, 2.24) is 25.5 Å². The standard InChI is InChI=1S/C24H27FN6O3/c1-2-34-21-13-11-20(12-14-21)30(15-22(32)26-19-5-3-4-6-19)23(33)16-31-28-24(27-29-31)17-7-9-18(25)10-8-17/h7-14,19H,2-6,15-16H2,1H3,(H,26,32). The maximum Gasteiger partial charge on any atom is 0.251 e. The molecule has 1 heterocycles. The number of aromatic nitrogens is 4. The molecule has 1 aliphatic carbocycles. The zero-order valence-corrected chi connectivity index (χ0v) is 19.0. The van der Waals surface area contributed by atoms with Crippen molar-refractivity contribution >= 4 is 17.5 Å². The number of carbonyl (C=O) groups is 2. The Labute approximate surface area is 196 Å². The number of carbonyl (C=O) groups excluding carboxylic acids is 2. The van der Waals surface area contributed by atoms with Gasteiger partial charge in [-0.1, -0.05) is 12.8 Å². The Hall–Kier alpha value is -3.82. The van der Waals surface area contributed by atoms with Gasteiger partial charge in [0.25, 0.3) is 5.91 Å². The van der Waals surface area contributed by atoms with Crippen LogP contribution in [0.2, 0.25) is 0 Å². The first-order valence-electron chi connectivity index (χ1n) is 11.4. The van der Waals surface area contributed by atoms with Gasteiger partial charge in [0, 0.05) is 17.3 Å². The Bertz CT molecular complexity index is 1110. The largest absolute Gasteiger partial charge is 0.494 e. The van der Waals surface area contributed by atoms with Crippen molar-refractivity contribution in [1.29, 1.82) is 0 Å². The van der Waals surface area contributed by atoms with Crippen LogP contribution in [0.5, 0.6) is 5.75 Å². The van der Waals surface area contributed by atoms with Crippen molar-refractivity contribution in [3.8, 4) is 17.1 Å². The van der Waals surface area contributed by atoms with Crippen molar-refractivity contribution < 1.29 is 18.7 Å². The van der Waals surface area contributed by atoms with Gasteiger partial charge in [0.15, 0.2) is 0 Å². The summed E-state index contributed by atoms with van der Waals surface area (Å²) >= 11 is 0. The summed E-state index contributed by atoms with van der Waals surface area (Å²) < 4.78 is 18.7. The lowest BCUT2D eigenvalue weighted by Crippen LogP contribution is -2.44. The van der Waals surface area contributed by atoms with Gasteiger partial charge in [0.05, 0.1) is 6.61 Å². The van der Waals surface area contributed by atoms with Crippen molar-refractivity contribution in [2.75, 3.05) is 18.1 Å². The maximum atomic E-state index is 13.2. The van der Waals surface area contributed by atoms with Crippen molar-refractivity contribution in [3.63, 3.8) is 0 Å². The van der Waals surface area contributed by atoms with Crippen LogP contribution in [0.25, 0.3) is 11.4 Å². The molecule has 4 rings (SSSR count).